The quantitative estimate of drug-likeness (QED) is 0.769. The molecule has 1 rings (SSSR count). The molecule has 0 aromatic heterocycles. The van der Waals surface area contributed by atoms with E-state index in [1.54, 1.807) is 0 Å². The molecule has 1 aromatic carbocycles. The van der Waals surface area contributed by atoms with Gasteiger partial charge in [0.05, 0.1) is 6.61 Å². The minimum absolute atomic E-state index is 0.0751. The van der Waals surface area contributed by atoms with E-state index in [4.69, 9.17) is 4.74 Å². The molecule has 0 bridgehead atoms. The summed E-state index contributed by atoms with van der Waals surface area (Å²) in [7, 11) is 0. The van der Waals surface area contributed by atoms with Gasteiger partial charge in [-0.05, 0) is 37.5 Å². The lowest BCUT2D eigenvalue weighted by atomic mass is 10.2. The molecular weight excluding hydrogens is 242 g/mol. The molecule has 0 spiro atoms. The first-order valence-corrected chi connectivity index (χ1v) is 6.64. The van der Waals surface area contributed by atoms with E-state index in [1.807, 2.05) is 38.1 Å². The van der Waals surface area contributed by atoms with Crippen molar-refractivity contribution in [2.24, 2.45) is 0 Å². The minimum Gasteiger partial charge on any atom is -0.466 e. The summed E-state index contributed by atoms with van der Waals surface area (Å²) in [6.07, 6.45) is 1.95. The number of hydrogen-bond acceptors (Lipinski definition) is 3. The smallest absolute Gasteiger partial charge is 0.305 e. The van der Waals surface area contributed by atoms with Gasteiger partial charge in [-0.2, -0.15) is 0 Å². The third-order valence-electron chi connectivity index (χ3n) is 2.55. The van der Waals surface area contributed by atoms with Gasteiger partial charge in [-0.25, -0.2) is 0 Å². The molecule has 1 aromatic rings. The number of ether oxygens (including phenoxy) is 1. The van der Waals surface area contributed by atoms with Gasteiger partial charge in [0, 0.05) is 18.5 Å². The Hall–Kier alpha value is -1.84. The van der Waals surface area contributed by atoms with E-state index in [2.05, 4.69) is 5.32 Å². The third-order valence-corrected chi connectivity index (χ3v) is 2.55. The van der Waals surface area contributed by atoms with Crippen LogP contribution in [-0.2, 0) is 14.3 Å². The Kier molecular flexibility index (Phi) is 6.64. The standard InChI is InChI=1S/C15H21NO3/c1-3-10-19-15(18)9-5-8-14(17)16-13-7-4-6-12(2)11-13/h4,6-7,11H,3,5,8-10H2,1-2H3,(H,16,17). The molecule has 0 unspecified atom stereocenters. The number of carbonyl (C=O) groups excluding carboxylic acids is 2. The van der Waals surface area contributed by atoms with E-state index < -0.39 is 0 Å². The number of benzene rings is 1. The second-order valence-corrected chi connectivity index (χ2v) is 4.49. The van der Waals surface area contributed by atoms with Gasteiger partial charge in [0.2, 0.25) is 5.91 Å². The highest BCUT2D eigenvalue weighted by Gasteiger charge is 2.06. The van der Waals surface area contributed by atoms with E-state index in [9.17, 15) is 9.59 Å². The van der Waals surface area contributed by atoms with E-state index in [-0.39, 0.29) is 11.9 Å². The topological polar surface area (TPSA) is 55.4 Å². The van der Waals surface area contributed by atoms with Crippen LogP contribution in [0.1, 0.15) is 38.2 Å². The molecule has 0 atom stereocenters. The largest absolute Gasteiger partial charge is 0.466 e. The predicted octanol–water partition coefficient (Wildman–Crippen LogP) is 3.06. The molecule has 4 nitrogen and oxygen atoms in total. The summed E-state index contributed by atoms with van der Waals surface area (Å²) < 4.78 is 4.94. The summed E-state index contributed by atoms with van der Waals surface area (Å²) >= 11 is 0. The van der Waals surface area contributed by atoms with Crippen molar-refractivity contribution in [3.05, 3.63) is 29.8 Å². The molecule has 0 aliphatic heterocycles. The highest BCUT2D eigenvalue weighted by Crippen LogP contribution is 2.10. The molecular formula is C15H21NO3. The molecule has 0 radical (unpaired) electrons. The van der Waals surface area contributed by atoms with E-state index >= 15 is 0 Å². The molecule has 0 heterocycles. The van der Waals surface area contributed by atoms with Crippen molar-refractivity contribution >= 4 is 17.6 Å². The molecule has 19 heavy (non-hydrogen) atoms. The first-order valence-electron chi connectivity index (χ1n) is 6.64. The lowest BCUT2D eigenvalue weighted by molar-refractivity contribution is -0.143. The molecule has 0 aliphatic rings. The number of esters is 1. The molecule has 1 amide bonds. The van der Waals surface area contributed by atoms with Gasteiger partial charge in [0.15, 0.2) is 0 Å². The summed E-state index contributed by atoms with van der Waals surface area (Å²) in [5.74, 6) is -0.306. The zero-order chi connectivity index (χ0) is 14.1. The van der Waals surface area contributed by atoms with E-state index in [1.165, 1.54) is 0 Å². The summed E-state index contributed by atoms with van der Waals surface area (Å²) in [6, 6.07) is 7.63. The molecule has 1 N–H and O–H groups in total. The van der Waals surface area contributed by atoms with Crippen molar-refractivity contribution in [2.75, 3.05) is 11.9 Å². The van der Waals surface area contributed by atoms with Crippen LogP contribution in [0.15, 0.2) is 24.3 Å². The Morgan fingerprint density at radius 1 is 1.26 bits per heavy atom. The zero-order valence-electron chi connectivity index (χ0n) is 11.6. The summed E-state index contributed by atoms with van der Waals surface area (Å²) in [6.45, 7) is 4.37. The molecule has 0 saturated carbocycles. The van der Waals surface area contributed by atoms with Crippen molar-refractivity contribution < 1.29 is 14.3 Å². The summed E-state index contributed by atoms with van der Waals surface area (Å²) in [5, 5.41) is 2.81. The lowest BCUT2D eigenvalue weighted by Crippen LogP contribution is -2.12. The Morgan fingerprint density at radius 2 is 2.05 bits per heavy atom. The van der Waals surface area contributed by atoms with Gasteiger partial charge in [-0.15, -0.1) is 0 Å². The van der Waals surface area contributed by atoms with Crippen LogP contribution < -0.4 is 5.32 Å². The predicted molar refractivity (Wildman–Crippen MR) is 74.9 cm³/mol. The highest BCUT2D eigenvalue weighted by molar-refractivity contribution is 5.90. The van der Waals surface area contributed by atoms with Gasteiger partial charge < -0.3 is 10.1 Å². The van der Waals surface area contributed by atoms with Gasteiger partial charge in [-0.3, -0.25) is 9.59 Å². The van der Waals surface area contributed by atoms with Crippen LogP contribution in [0.2, 0.25) is 0 Å². The highest BCUT2D eigenvalue weighted by atomic mass is 16.5. The fourth-order valence-corrected chi connectivity index (χ4v) is 1.63. The third kappa shape index (κ3) is 6.60. The Balaban J connectivity index is 2.23. The van der Waals surface area contributed by atoms with Crippen molar-refractivity contribution in [3.8, 4) is 0 Å². The summed E-state index contributed by atoms with van der Waals surface area (Å²) in [4.78, 5) is 22.9. The van der Waals surface area contributed by atoms with Gasteiger partial charge in [0.1, 0.15) is 0 Å². The fourth-order valence-electron chi connectivity index (χ4n) is 1.63. The van der Waals surface area contributed by atoms with Gasteiger partial charge >= 0.3 is 5.97 Å². The van der Waals surface area contributed by atoms with Crippen LogP contribution in [0.25, 0.3) is 0 Å². The Bertz CT molecular complexity index is 429. The van der Waals surface area contributed by atoms with Crippen LogP contribution in [0.5, 0.6) is 0 Å². The average Bonchev–Trinajstić information content (AvgIpc) is 2.36. The lowest BCUT2D eigenvalue weighted by Gasteiger charge is -2.06. The van der Waals surface area contributed by atoms with Crippen LogP contribution in [0.4, 0.5) is 5.69 Å². The van der Waals surface area contributed by atoms with Crippen LogP contribution in [0.3, 0.4) is 0 Å². The van der Waals surface area contributed by atoms with Crippen molar-refractivity contribution in [1.29, 1.82) is 0 Å². The van der Waals surface area contributed by atoms with Crippen LogP contribution in [-0.4, -0.2) is 18.5 Å². The second kappa shape index (κ2) is 8.29. The number of amides is 1. The molecule has 104 valence electrons. The number of carbonyl (C=O) groups is 2. The van der Waals surface area contributed by atoms with E-state index in [0.29, 0.717) is 25.9 Å². The van der Waals surface area contributed by atoms with Crippen molar-refractivity contribution in [2.45, 2.75) is 39.5 Å². The monoisotopic (exact) mass is 263 g/mol. The number of anilines is 1. The second-order valence-electron chi connectivity index (χ2n) is 4.49. The maximum atomic E-state index is 11.7. The van der Waals surface area contributed by atoms with Crippen molar-refractivity contribution in [3.63, 3.8) is 0 Å². The number of nitrogens with one attached hydrogen (secondary N) is 1. The van der Waals surface area contributed by atoms with Crippen LogP contribution in [0, 0.1) is 6.92 Å². The summed E-state index contributed by atoms with van der Waals surface area (Å²) in [5.41, 5.74) is 1.89. The number of aryl methyl sites for hydroxylation is 1. The Labute approximate surface area is 114 Å². The van der Waals surface area contributed by atoms with Crippen LogP contribution >= 0.6 is 0 Å². The average molecular weight is 263 g/mol. The first kappa shape index (κ1) is 15.2. The van der Waals surface area contributed by atoms with Gasteiger partial charge in [0.25, 0.3) is 0 Å². The molecule has 0 aliphatic carbocycles. The maximum absolute atomic E-state index is 11.7. The van der Waals surface area contributed by atoms with E-state index in [0.717, 1.165) is 17.7 Å². The fraction of sp³-hybridized carbons (Fsp3) is 0.467. The number of rotatable bonds is 7. The first-order chi connectivity index (χ1) is 9.11. The molecule has 0 fully saturated rings. The SMILES string of the molecule is CCCOC(=O)CCCC(=O)Nc1cccc(C)c1. The normalized spacial score (nSPS) is 10.0. The van der Waals surface area contributed by atoms with Crippen molar-refractivity contribution in [1.82, 2.24) is 0 Å². The molecule has 0 saturated heterocycles. The number of hydrogen-bond donors (Lipinski definition) is 1. The zero-order valence-corrected chi connectivity index (χ0v) is 11.6. The Morgan fingerprint density at radius 3 is 2.74 bits per heavy atom. The van der Waals surface area contributed by atoms with Gasteiger partial charge in [-0.1, -0.05) is 19.1 Å². The molecule has 4 heteroatoms. The maximum Gasteiger partial charge on any atom is 0.305 e. The minimum atomic E-state index is -0.231.